The van der Waals surface area contributed by atoms with Gasteiger partial charge in [0.2, 0.25) is 5.91 Å². The molecular weight excluding hydrogens is 366 g/mol. The van der Waals surface area contributed by atoms with E-state index in [0.717, 1.165) is 12.8 Å². The third kappa shape index (κ3) is 6.66. The lowest BCUT2D eigenvalue weighted by Gasteiger charge is -2.32. The minimum atomic E-state index is -3.38. The number of likely N-dealkylation sites (tertiary alicyclic amines) is 1. The van der Waals surface area contributed by atoms with Gasteiger partial charge in [-0.1, -0.05) is 6.08 Å². The van der Waals surface area contributed by atoms with Gasteiger partial charge in [-0.15, -0.1) is 6.58 Å². The van der Waals surface area contributed by atoms with Gasteiger partial charge < -0.3 is 14.4 Å². The summed E-state index contributed by atoms with van der Waals surface area (Å²) >= 11 is 0. The van der Waals surface area contributed by atoms with Crippen LogP contribution in [0.1, 0.15) is 25.7 Å². The van der Waals surface area contributed by atoms with Crippen molar-refractivity contribution in [2.45, 2.75) is 30.6 Å². The number of benzene rings is 1. The number of ether oxygens (including phenoxy) is 2. The Labute approximate surface area is 162 Å². The van der Waals surface area contributed by atoms with Crippen LogP contribution in [0.5, 0.6) is 5.75 Å². The molecule has 0 unspecified atom stereocenters. The normalized spacial score (nSPS) is 15.5. The van der Waals surface area contributed by atoms with E-state index in [-0.39, 0.29) is 23.0 Å². The molecule has 150 valence electrons. The van der Waals surface area contributed by atoms with Crippen LogP contribution in [-0.2, 0) is 19.4 Å². The predicted octanol–water partition coefficient (Wildman–Crippen LogP) is 2.69. The van der Waals surface area contributed by atoms with Gasteiger partial charge >= 0.3 is 0 Å². The van der Waals surface area contributed by atoms with Crippen LogP contribution in [0.4, 0.5) is 0 Å². The molecule has 1 fully saturated rings. The van der Waals surface area contributed by atoms with E-state index in [1.165, 1.54) is 19.2 Å². The van der Waals surface area contributed by atoms with Crippen LogP contribution in [0.3, 0.4) is 0 Å². The molecule has 1 aliphatic rings. The van der Waals surface area contributed by atoms with E-state index in [2.05, 4.69) is 6.58 Å². The predicted molar refractivity (Wildman–Crippen MR) is 105 cm³/mol. The molecule has 0 bridgehead atoms. The lowest BCUT2D eigenvalue weighted by atomic mass is 9.97. The molecule has 6 nitrogen and oxygen atoms in total. The Bertz CT molecular complexity index is 706. The first-order valence-electron chi connectivity index (χ1n) is 9.29. The van der Waals surface area contributed by atoms with Crippen molar-refractivity contribution in [3.05, 3.63) is 36.9 Å². The van der Waals surface area contributed by atoms with Gasteiger partial charge in [-0.3, -0.25) is 4.79 Å². The molecule has 0 saturated carbocycles. The maximum atomic E-state index is 12.4. The van der Waals surface area contributed by atoms with Gasteiger partial charge in [0.15, 0.2) is 9.84 Å². The number of nitrogens with zero attached hydrogens (tertiary/aromatic N) is 1. The molecular formula is C20H29NO5S. The Hall–Kier alpha value is -1.86. The van der Waals surface area contributed by atoms with E-state index in [9.17, 15) is 13.2 Å². The van der Waals surface area contributed by atoms with Crippen molar-refractivity contribution in [1.82, 2.24) is 4.90 Å². The van der Waals surface area contributed by atoms with Crippen LogP contribution in [0.25, 0.3) is 0 Å². The van der Waals surface area contributed by atoms with E-state index in [1.54, 1.807) is 18.2 Å². The first kappa shape index (κ1) is 21.4. The molecule has 2 rings (SSSR count). The molecule has 0 atom stereocenters. The highest BCUT2D eigenvalue weighted by molar-refractivity contribution is 7.91. The van der Waals surface area contributed by atoms with E-state index < -0.39 is 9.84 Å². The fourth-order valence-electron chi connectivity index (χ4n) is 3.14. The summed E-state index contributed by atoms with van der Waals surface area (Å²) < 4.78 is 35.3. The highest BCUT2D eigenvalue weighted by Gasteiger charge is 2.23. The zero-order chi connectivity index (χ0) is 19.7. The van der Waals surface area contributed by atoms with Crippen LogP contribution in [0.15, 0.2) is 41.8 Å². The number of sulfone groups is 1. The highest BCUT2D eigenvalue weighted by Crippen LogP contribution is 2.20. The van der Waals surface area contributed by atoms with Crippen LogP contribution < -0.4 is 4.74 Å². The standard InChI is InChI=1S/C20H29NO5S/c1-3-14-26-16-17-10-12-21(13-11-17)20(22)5-4-15-27(23,24)19-8-6-18(25-2)7-9-19/h3,6-9,17H,1,4-5,10-16H2,2H3. The number of hydrogen-bond donors (Lipinski definition) is 0. The molecule has 1 saturated heterocycles. The molecule has 0 N–H and O–H groups in total. The van der Waals surface area contributed by atoms with Gasteiger partial charge in [0.05, 0.1) is 24.4 Å². The average Bonchev–Trinajstić information content (AvgIpc) is 2.68. The zero-order valence-electron chi connectivity index (χ0n) is 15.9. The number of carbonyl (C=O) groups is 1. The zero-order valence-corrected chi connectivity index (χ0v) is 16.7. The van der Waals surface area contributed by atoms with Gasteiger partial charge in [-0.2, -0.15) is 0 Å². The van der Waals surface area contributed by atoms with Gasteiger partial charge in [0.25, 0.3) is 0 Å². The number of hydrogen-bond acceptors (Lipinski definition) is 5. The second kappa shape index (κ2) is 10.5. The van der Waals surface area contributed by atoms with Crippen molar-refractivity contribution in [2.75, 3.05) is 39.2 Å². The van der Waals surface area contributed by atoms with Crippen molar-refractivity contribution >= 4 is 15.7 Å². The average molecular weight is 396 g/mol. The molecule has 0 aliphatic carbocycles. The first-order chi connectivity index (χ1) is 13.0. The number of carbonyl (C=O) groups excluding carboxylic acids is 1. The molecule has 1 amide bonds. The van der Waals surface area contributed by atoms with Crippen molar-refractivity contribution in [1.29, 1.82) is 0 Å². The maximum absolute atomic E-state index is 12.4. The molecule has 1 aromatic rings. The van der Waals surface area contributed by atoms with Crippen molar-refractivity contribution in [3.63, 3.8) is 0 Å². The molecule has 0 spiro atoms. The summed E-state index contributed by atoms with van der Waals surface area (Å²) in [6.07, 6.45) is 4.17. The fourth-order valence-corrected chi connectivity index (χ4v) is 4.45. The molecule has 1 heterocycles. The largest absolute Gasteiger partial charge is 0.497 e. The Morgan fingerprint density at radius 2 is 1.93 bits per heavy atom. The Morgan fingerprint density at radius 3 is 2.52 bits per heavy atom. The van der Waals surface area contributed by atoms with Crippen LogP contribution in [0.2, 0.25) is 0 Å². The third-order valence-electron chi connectivity index (χ3n) is 4.78. The third-order valence-corrected chi connectivity index (χ3v) is 6.60. The molecule has 27 heavy (non-hydrogen) atoms. The van der Waals surface area contributed by atoms with Crippen molar-refractivity contribution in [3.8, 4) is 5.75 Å². The van der Waals surface area contributed by atoms with E-state index in [1.807, 2.05) is 4.90 Å². The second-order valence-corrected chi connectivity index (χ2v) is 8.86. The minimum absolute atomic E-state index is 0.0308. The lowest BCUT2D eigenvalue weighted by molar-refractivity contribution is -0.132. The minimum Gasteiger partial charge on any atom is -0.497 e. The second-order valence-electron chi connectivity index (χ2n) is 6.75. The Morgan fingerprint density at radius 1 is 1.26 bits per heavy atom. The summed E-state index contributed by atoms with van der Waals surface area (Å²) in [4.78, 5) is 14.4. The number of methoxy groups -OCH3 is 1. The van der Waals surface area contributed by atoms with Gasteiger partial charge in [0.1, 0.15) is 5.75 Å². The van der Waals surface area contributed by atoms with Gasteiger partial charge in [-0.05, 0) is 49.4 Å². The summed E-state index contributed by atoms with van der Waals surface area (Å²) in [5, 5.41) is 0. The highest BCUT2D eigenvalue weighted by atomic mass is 32.2. The van der Waals surface area contributed by atoms with Gasteiger partial charge in [-0.25, -0.2) is 8.42 Å². The summed E-state index contributed by atoms with van der Waals surface area (Å²) in [5.74, 6) is 1.09. The topological polar surface area (TPSA) is 72.9 Å². The first-order valence-corrected chi connectivity index (χ1v) is 10.9. The fraction of sp³-hybridized carbons (Fsp3) is 0.550. The monoisotopic (exact) mass is 395 g/mol. The molecule has 1 aromatic carbocycles. The van der Waals surface area contributed by atoms with Crippen molar-refractivity contribution < 1.29 is 22.7 Å². The van der Waals surface area contributed by atoms with Gasteiger partial charge in [0, 0.05) is 26.1 Å². The number of amides is 1. The van der Waals surface area contributed by atoms with Crippen LogP contribution in [0, 0.1) is 5.92 Å². The smallest absolute Gasteiger partial charge is 0.222 e. The molecule has 0 radical (unpaired) electrons. The summed E-state index contributed by atoms with van der Waals surface area (Å²) in [6, 6.07) is 6.33. The molecule has 7 heteroatoms. The Balaban J connectivity index is 1.73. The summed E-state index contributed by atoms with van der Waals surface area (Å²) in [7, 11) is -1.85. The Kier molecular flexibility index (Phi) is 8.31. The van der Waals surface area contributed by atoms with E-state index in [0.29, 0.717) is 44.4 Å². The molecule has 0 aromatic heterocycles. The SMILES string of the molecule is C=CCOCC1CCN(C(=O)CCCS(=O)(=O)c2ccc(OC)cc2)CC1. The van der Waals surface area contributed by atoms with E-state index in [4.69, 9.17) is 9.47 Å². The number of rotatable bonds is 10. The summed E-state index contributed by atoms with van der Waals surface area (Å²) in [5.41, 5.74) is 0. The number of piperidine rings is 1. The maximum Gasteiger partial charge on any atom is 0.222 e. The quantitative estimate of drug-likeness (QED) is 0.450. The lowest BCUT2D eigenvalue weighted by Crippen LogP contribution is -2.39. The van der Waals surface area contributed by atoms with Crippen molar-refractivity contribution in [2.24, 2.45) is 5.92 Å². The van der Waals surface area contributed by atoms with Crippen LogP contribution >= 0.6 is 0 Å². The van der Waals surface area contributed by atoms with E-state index >= 15 is 0 Å². The summed E-state index contributed by atoms with van der Waals surface area (Å²) in [6.45, 7) is 6.31. The van der Waals surface area contributed by atoms with Crippen LogP contribution in [-0.4, -0.2) is 58.4 Å². The molecule has 1 aliphatic heterocycles.